The third-order valence-corrected chi connectivity index (χ3v) is 3.82. The Bertz CT molecular complexity index is 937. The molecule has 3 rings (SSSR count). The minimum atomic E-state index is -0.516. The van der Waals surface area contributed by atoms with Gasteiger partial charge < -0.3 is 19.8 Å². The van der Waals surface area contributed by atoms with Crippen molar-refractivity contribution in [3.05, 3.63) is 83.6 Å². The molecule has 27 heavy (non-hydrogen) atoms. The average Bonchev–Trinajstić information content (AvgIpc) is 3.22. The summed E-state index contributed by atoms with van der Waals surface area (Å²) in [4.78, 5) is 24.2. The highest BCUT2D eigenvalue weighted by Gasteiger charge is 2.13. The van der Waals surface area contributed by atoms with Crippen molar-refractivity contribution >= 4 is 17.5 Å². The van der Waals surface area contributed by atoms with Gasteiger partial charge in [-0.1, -0.05) is 12.1 Å². The van der Waals surface area contributed by atoms with Crippen LogP contribution in [0.2, 0.25) is 0 Å². The fraction of sp³-hybridized carbons (Fsp3) is 0.100. The van der Waals surface area contributed by atoms with Gasteiger partial charge in [0.2, 0.25) is 0 Å². The Balaban J connectivity index is 1.59. The zero-order valence-electron chi connectivity index (χ0n) is 14.5. The fourth-order valence-electron chi connectivity index (χ4n) is 2.44. The van der Waals surface area contributed by atoms with E-state index in [1.165, 1.54) is 25.5 Å². The summed E-state index contributed by atoms with van der Waals surface area (Å²) in [6.07, 6.45) is 1.42. The first-order valence-electron chi connectivity index (χ1n) is 8.12. The maximum atomic E-state index is 13.4. The molecule has 6 nitrogen and oxygen atoms in total. The first kappa shape index (κ1) is 18.2. The molecule has 0 spiro atoms. The molecule has 2 amide bonds. The number of halogens is 1. The Labute approximate surface area is 155 Å². The summed E-state index contributed by atoms with van der Waals surface area (Å²) in [5.74, 6) is -0.793. The Morgan fingerprint density at radius 2 is 1.85 bits per heavy atom. The van der Waals surface area contributed by atoms with E-state index in [9.17, 15) is 14.0 Å². The molecule has 0 radical (unpaired) electrons. The van der Waals surface area contributed by atoms with Gasteiger partial charge in [0.15, 0.2) is 5.76 Å². The number of furan rings is 1. The van der Waals surface area contributed by atoms with Crippen molar-refractivity contribution in [1.82, 2.24) is 5.32 Å². The van der Waals surface area contributed by atoms with Gasteiger partial charge in [0.05, 0.1) is 18.9 Å². The number of methoxy groups -OCH3 is 1. The van der Waals surface area contributed by atoms with Crippen molar-refractivity contribution in [2.75, 3.05) is 12.4 Å². The second-order valence-corrected chi connectivity index (χ2v) is 5.66. The third-order valence-electron chi connectivity index (χ3n) is 3.82. The molecule has 0 aliphatic rings. The van der Waals surface area contributed by atoms with Crippen LogP contribution in [0.25, 0.3) is 0 Å². The van der Waals surface area contributed by atoms with Crippen molar-refractivity contribution in [3.63, 3.8) is 0 Å². The lowest BCUT2D eigenvalue weighted by molar-refractivity contribution is 0.0946. The SMILES string of the molecule is COc1ccc(F)cc1C(=O)NCc1ccc(NC(=O)c2ccco2)cc1. The van der Waals surface area contributed by atoms with Crippen LogP contribution < -0.4 is 15.4 Å². The van der Waals surface area contributed by atoms with Crippen molar-refractivity contribution < 1.29 is 23.1 Å². The molecule has 2 aromatic carbocycles. The summed E-state index contributed by atoms with van der Waals surface area (Å²) in [6, 6.07) is 13.9. The Morgan fingerprint density at radius 1 is 1.07 bits per heavy atom. The minimum absolute atomic E-state index is 0.125. The zero-order valence-corrected chi connectivity index (χ0v) is 14.5. The van der Waals surface area contributed by atoms with Crippen molar-refractivity contribution in [3.8, 4) is 5.75 Å². The molecule has 0 saturated carbocycles. The zero-order chi connectivity index (χ0) is 19.2. The Kier molecular flexibility index (Phi) is 5.51. The van der Waals surface area contributed by atoms with Gasteiger partial charge >= 0.3 is 0 Å². The largest absolute Gasteiger partial charge is 0.496 e. The smallest absolute Gasteiger partial charge is 0.291 e. The van der Waals surface area contributed by atoms with Gasteiger partial charge in [0.25, 0.3) is 11.8 Å². The number of benzene rings is 2. The van der Waals surface area contributed by atoms with Gasteiger partial charge in [0, 0.05) is 12.2 Å². The summed E-state index contributed by atoms with van der Waals surface area (Å²) >= 11 is 0. The molecule has 1 heterocycles. The van der Waals surface area contributed by atoms with Crippen LogP contribution in [0, 0.1) is 5.82 Å². The van der Waals surface area contributed by atoms with Crippen LogP contribution in [0.1, 0.15) is 26.5 Å². The summed E-state index contributed by atoms with van der Waals surface area (Å²) in [7, 11) is 1.42. The molecule has 2 N–H and O–H groups in total. The van der Waals surface area contributed by atoms with E-state index in [0.717, 1.165) is 11.6 Å². The predicted octanol–water partition coefficient (Wildman–Crippen LogP) is 3.61. The van der Waals surface area contributed by atoms with Crippen molar-refractivity contribution in [2.45, 2.75) is 6.54 Å². The van der Waals surface area contributed by atoms with Gasteiger partial charge in [-0.2, -0.15) is 0 Å². The molecule has 1 aromatic heterocycles. The van der Waals surface area contributed by atoms with Gasteiger partial charge in [-0.3, -0.25) is 9.59 Å². The molecule has 3 aromatic rings. The number of carbonyl (C=O) groups excluding carboxylic acids is 2. The summed E-state index contributed by atoms with van der Waals surface area (Å²) in [5.41, 5.74) is 1.54. The first-order chi connectivity index (χ1) is 13.1. The van der Waals surface area contributed by atoms with Gasteiger partial charge in [-0.25, -0.2) is 4.39 Å². The van der Waals surface area contributed by atoms with Crippen LogP contribution >= 0.6 is 0 Å². The molecule has 138 valence electrons. The molecule has 0 aliphatic heterocycles. The normalized spacial score (nSPS) is 10.3. The van der Waals surface area contributed by atoms with Gasteiger partial charge in [-0.15, -0.1) is 0 Å². The Morgan fingerprint density at radius 3 is 2.52 bits per heavy atom. The molecular weight excluding hydrogens is 351 g/mol. The maximum Gasteiger partial charge on any atom is 0.291 e. The van der Waals surface area contributed by atoms with Gasteiger partial charge in [-0.05, 0) is 48.0 Å². The van der Waals surface area contributed by atoms with E-state index in [1.807, 2.05) is 0 Å². The third kappa shape index (κ3) is 4.52. The number of hydrogen-bond acceptors (Lipinski definition) is 4. The molecule has 0 bridgehead atoms. The fourth-order valence-corrected chi connectivity index (χ4v) is 2.44. The lowest BCUT2D eigenvalue weighted by Gasteiger charge is -2.10. The molecular formula is C20H17FN2O4. The van der Waals surface area contributed by atoms with Crippen LogP contribution in [0.15, 0.2) is 65.3 Å². The van der Waals surface area contributed by atoms with E-state index < -0.39 is 11.7 Å². The topological polar surface area (TPSA) is 80.6 Å². The van der Waals surface area contributed by atoms with Crippen LogP contribution in [0.4, 0.5) is 10.1 Å². The van der Waals surface area contributed by atoms with Crippen molar-refractivity contribution in [2.24, 2.45) is 0 Å². The van der Waals surface area contributed by atoms with Crippen LogP contribution in [-0.2, 0) is 6.54 Å². The molecule has 7 heteroatoms. The highest BCUT2D eigenvalue weighted by molar-refractivity contribution is 6.02. The summed E-state index contributed by atoms with van der Waals surface area (Å²) in [6.45, 7) is 0.241. The van der Waals surface area contributed by atoms with Crippen LogP contribution in [0.5, 0.6) is 5.75 Å². The lowest BCUT2D eigenvalue weighted by atomic mass is 10.1. The number of anilines is 1. The predicted molar refractivity (Wildman–Crippen MR) is 97.2 cm³/mol. The van der Waals surface area contributed by atoms with E-state index in [1.54, 1.807) is 36.4 Å². The highest BCUT2D eigenvalue weighted by atomic mass is 19.1. The second kappa shape index (κ2) is 8.18. The van der Waals surface area contributed by atoms with E-state index in [0.29, 0.717) is 11.4 Å². The quantitative estimate of drug-likeness (QED) is 0.697. The number of hydrogen-bond donors (Lipinski definition) is 2. The monoisotopic (exact) mass is 368 g/mol. The minimum Gasteiger partial charge on any atom is -0.496 e. The number of carbonyl (C=O) groups is 2. The number of nitrogens with one attached hydrogen (secondary N) is 2. The van der Waals surface area contributed by atoms with Crippen molar-refractivity contribution in [1.29, 1.82) is 0 Å². The second-order valence-electron chi connectivity index (χ2n) is 5.66. The standard InChI is InChI=1S/C20H17FN2O4/c1-26-17-9-6-14(21)11-16(17)19(24)22-12-13-4-7-15(8-5-13)23-20(25)18-3-2-10-27-18/h2-11H,12H2,1H3,(H,22,24)(H,23,25). The Hall–Kier alpha value is -3.61. The number of amides is 2. The highest BCUT2D eigenvalue weighted by Crippen LogP contribution is 2.19. The van der Waals surface area contributed by atoms with Gasteiger partial charge in [0.1, 0.15) is 11.6 Å². The molecule has 0 saturated heterocycles. The average molecular weight is 368 g/mol. The maximum absolute atomic E-state index is 13.4. The number of ether oxygens (including phenoxy) is 1. The van der Waals surface area contributed by atoms with Crippen LogP contribution in [0.3, 0.4) is 0 Å². The van der Waals surface area contributed by atoms with E-state index in [2.05, 4.69) is 10.6 Å². The van der Waals surface area contributed by atoms with E-state index >= 15 is 0 Å². The molecule has 0 aliphatic carbocycles. The first-order valence-corrected chi connectivity index (χ1v) is 8.12. The lowest BCUT2D eigenvalue weighted by Crippen LogP contribution is -2.23. The van der Waals surface area contributed by atoms with E-state index in [-0.39, 0.29) is 23.8 Å². The summed E-state index contributed by atoms with van der Waals surface area (Å²) < 4.78 is 23.5. The number of rotatable bonds is 6. The van der Waals surface area contributed by atoms with Crippen LogP contribution in [-0.4, -0.2) is 18.9 Å². The molecule has 0 fully saturated rings. The summed E-state index contributed by atoms with van der Waals surface area (Å²) in [5, 5.41) is 5.42. The molecule has 0 unspecified atom stereocenters. The van der Waals surface area contributed by atoms with E-state index in [4.69, 9.17) is 9.15 Å². The molecule has 0 atom stereocenters.